The third-order valence-corrected chi connectivity index (χ3v) is 4.10. The molecule has 3 nitrogen and oxygen atoms in total. The van der Waals surface area contributed by atoms with Crippen LogP contribution in [-0.4, -0.2) is 43.3 Å². The summed E-state index contributed by atoms with van der Waals surface area (Å²) in [5, 5.41) is 0. The number of benzene rings is 1. The van der Waals surface area contributed by atoms with Gasteiger partial charge in [0.2, 0.25) is 0 Å². The minimum absolute atomic E-state index is 0.0598. The standard InChI is InChI=1S/C15H18F3NO2/c16-15(17,18)13-3-1-2-4-14(13)21-12-5-7-19(8-6-12)11-9-20-10-11/h1-4,11-12H,5-10H2. The van der Waals surface area contributed by atoms with Crippen molar-refractivity contribution >= 4 is 0 Å². The van der Waals surface area contributed by atoms with Gasteiger partial charge in [-0.3, -0.25) is 4.90 Å². The number of ether oxygens (including phenoxy) is 2. The molecule has 0 radical (unpaired) electrons. The summed E-state index contributed by atoms with van der Waals surface area (Å²) in [6.07, 6.45) is -3.02. The highest BCUT2D eigenvalue weighted by Gasteiger charge is 2.35. The molecule has 0 spiro atoms. The van der Waals surface area contributed by atoms with Gasteiger partial charge in [0.15, 0.2) is 0 Å². The van der Waals surface area contributed by atoms with E-state index in [9.17, 15) is 13.2 Å². The second kappa shape index (κ2) is 5.85. The maximum absolute atomic E-state index is 12.9. The van der Waals surface area contributed by atoms with E-state index >= 15 is 0 Å². The number of rotatable bonds is 3. The topological polar surface area (TPSA) is 21.7 Å². The summed E-state index contributed by atoms with van der Waals surface area (Å²) in [6.45, 7) is 3.24. The van der Waals surface area contributed by atoms with E-state index in [4.69, 9.17) is 9.47 Å². The summed E-state index contributed by atoms with van der Waals surface area (Å²) >= 11 is 0. The highest BCUT2D eigenvalue weighted by Crippen LogP contribution is 2.37. The fourth-order valence-corrected chi connectivity index (χ4v) is 2.78. The van der Waals surface area contributed by atoms with Gasteiger partial charge in [-0.1, -0.05) is 12.1 Å². The van der Waals surface area contributed by atoms with Crippen LogP contribution in [0.25, 0.3) is 0 Å². The van der Waals surface area contributed by atoms with E-state index in [-0.39, 0.29) is 11.9 Å². The second-order valence-electron chi connectivity index (χ2n) is 5.54. The van der Waals surface area contributed by atoms with E-state index in [0.29, 0.717) is 6.04 Å². The van der Waals surface area contributed by atoms with Crippen LogP contribution >= 0.6 is 0 Å². The van der Waals surface area contributed by atoms with Crippen LogP contribution in [0.1, 0.15) is 18.4 Å². The largest absolute Gasteiger partial charge is 0.490 e. The molecule has 0 aliphatic carbocycles. The van der Waals surface area contributed by atoms with Gasteiger partial charge in [0.1, 0.15) is 11.9 Å². The van der Waals surface area contributed by atoms with Crippen molar-refractivity contribution in [3.05, 3.63) is 29.8 Å². The Balaban J connectivity index is 1.60. The number of halogens is 3. The molecular formula is C15H18F3NO2. The maximum Gasteiger partial charge on any atom is 0.419 e. The summed E-state index contributed by atoms with van der Waals surface area (Å²) in [5.74, 6) is -0.0598. The van der Waals surface area contributed by atoms with Gasteiger partial charge < -0.3 is 9.47 Å². The van der Waals surface area contributed by atoms with Gasteiger partial charge >= 0.3 is 6.18 Å². The smallest absolute Gasteiger partial charge is 0.419 e. The molecule has 0 amide bonds. The van der Waals surface area contributed by atoms with E-state index < -0.39 is 11.7 Å². The lowest BCUT2D eigenvalue weighted by Gasteiger charge is -2.41. The SMILES string of the molecule is FC(F)(F)c1ccccc1OC1CCN(C2COC2)CC1. The number of piperidine rings is 1. The number of hydrogen-bond acceptors (Lipinski definition) is 3. The number of nitrogens with zero attached hydrogens (tertiary/aromatic N) is 1. The summed E-state index contributed by atoms with van der Waals surface area (Å²) in [6, 6.07) is 5.90. The third kappa shape index (κ3) is 3.32. The first-order valence-electron chi connectivity index (χ1n) is 7.19. The van der Waals surface area contributed by atoms with Crippen LogP contribution in [0.15, 0.2) is 24.3 Å². The Labute approximate surface area is 121 Å². The first-order chi connectivity index (χ1) is 10.0. The molecule has 2 fully saturated rings. The van der Waals surface area contributed by atoms with E-state index in [1.54, 1.807) is 6.07 Å². The highest BCUT2D eigenvalue weighted by atomic mass is 19.4. The van der Waals surface area contributed by atoms with E-state index in [0.717, 1.165) is 45.2 Å². The van der Waals surface area contributed by atoms with Crippen LogP contribution in [0.2, 0.25) is 0 Å². The van der Waals surface area contributed by atoms with Gasteiger partial charge in [-0.15, -0.1) is 0 Å². The molecule has 2 aliphatic heterocycles. The van der Waals surface area contributed by atoms with Crippen LogP contribution < -0.4 is 4.74 Å². The minimum Gasteiger partial charge on any atom is -0.490 e. The average Bonchev–Trinajstić information content (AvgIpc) is 2.38. The van der Waals surface area contributed by atoms with Gasteiger partial charge in [0.05, 0.1) is 24.8 Å². The Bertz CT molecular complexity index is 480. The molecule has 0 N–H and O–H groups in total. The molecule has 3 rings (SSSR count). The third-order valence-electron chi connectivity index (χ3n) is 4.10. The molecule has 21 heavy (non-hydrogen) atoms. The summed E-state index contributed by atoms with van der Waals surface area (Å²) < 4.78 is 49.5. The molecule has 6 heteroatoms. The van der Waals surface area contributed by atoms with Gasteiger partial charge in [-0.05, 0) is 25.0 Å². The predicted octanol–water partition coefficient (Wildman–Crippen LogP) is 2.95. The lowest BCUT2D eigenvalue weighted by atomic mass is 10.0. The monoisotopic (exact) mass is 301 g/mol. The van der Waals surface area contributed by atoms with Crippen molar-refractivity contribution in [3.63, 3.8) is 0 Å². The maximum atomic E-state index is 12.9. The molecule has 1 aromatic rings. The van der Waals surface area contributed by atoms with Crippen LogP contribution in [-0.2, 0) is 10.9 Å². The molecule has 1 aromatic carbocycles. The molecule has 0 atom stereocenters. The molecule has 2 aliphatic rings. The van der Waals surface area contributed by atoms with Crippen LogP contribution in [0, 0.1) is 0 Å². The fourth-order valence-electron chi connectivity index (χ4n) is 2.78. The quantitative estimate of drug-likeness (QED) is 0.857. The van der Waals surface area contributed by atoms with Crippen molar-refractivity contribution in [2.75, 3.05) is 26.3 Å². The Morgan fingerprint density at radius 1 is 1.10 bits per heavy atom. The van der Waals surface area contributed by atoms with E-state index in [1.165, 1.54) is 12.1 Å². The zero-order valence-corrected chi connectivity index (χ0v) is 11.6. The second-order valence-corrected chi connectivity index (χ2v) is 5.54. The lowest BCUT2D eigenvalue weighted by Crippen LogP contribution is -2.52. The van der Waals surface area contributed by atoms with E-state index in [2.05, 4.69) is 4.90 Å². The molecule has 0 bridgehead atoms. The van der Waals surface area contributed by atoms with E-state index in [1.807, 2.05) is 0 Å². The Morgan fingerprint density at radius 2 is 1.76 bits per heavy atom. The lowest BCUT2D eigenvalue weighted by molar-refractivity contribution is -0.139. The number of likely N-dealkylation sites (tertiary alicyclic amines) is 1. The van der Waals surface area contributed by atoms with Crippen molar-refractivity contribution in [1.82, 2.24) is 4.90 Å². The summed E-state index contributed by atoms with van der Waals surface area (Å²) in [4.78, 5) is 2.33. The Hall–Kier alpha value is -1.27. The Morgan fingerprint density at radius 3 is 2.33 bits per heavy atom. The molecule has 0 aromatic heterocycles. The predicted molar refractivity (Wildman–Crippen MR) is 71.3 cm³/mol. The molecule has 0 saturated carbocycles. The van der Waals surface area contributed by atoms with Gasteiger partial charge in [-0.2, -0.15) is 13.2 Å². The van der Waals surface area contributed by atoms with Crippen molar-refractivity contribution in [3.8, 4) is 5.75 Å². The first-order valence-corrected chi connectivity index (χ1v) is 7.19. The Kier molecular flexibility index (Phi) is 4.08. The number of hydrogen-bond donors (Lipinski definition) is 0. The summed E-state index contributed by atoms with van der Waals surface area (Å²) in [7, 11) is 0. The molecule has 2 heterocycles. The molecule has 0 unspecified atom stereocenters. The minimum atomic E-state index is -4.37. The number of alkyl halides is 3. The van der Waals surface area contributed by atoms with Crippen LogP contribution in [0.4, 0.5) is 13.2 Å². The zero-order valence-electron chi connectivity index (χ0n) is 11.6. The van der Waals surface area contributed by atoms with Crippen molar-refractivity contribution in [2.24, 2.45) is 0 Å². The van der Waals surface area contributed by atoms with Crippen LogP contribution in [0.5, 0.6) is 5.75 Å². The van der Waals surface area contributed by atoms with Gasteiger partial charge in [-0.25, -0.2) is 0 Å². The van der Waals surface area contributed by atoms with Crippen molar-refractivity contribution < 1.29 is 22.6 Å². The fraction of sp³-hybridized carbons (Fsp3) is 0.600. The van der Waals surface area contributed by atoms with Crippen molar-refractivity contribution in [2.45, 2.75) is 31.2 Å². The normalized spacial score (nSPS) is 22.0. The molecule has 116 valence electrons. The van der Waals surface area contributed by atoms with Gasteiger partial charge in [0.25, 0.3) is 0 Å². The number of para-hydroxylation sites is 1. The zero-order chi connectivity index (χ0) is 14.9. The highest BCUT2D eigenvalue weighted by molar-refractivity contribution is 5.35. The molecule has 2 saturated heterocycles. The van der Waals surface area contributed by atoms with Crippen LogP contribution in [0.3, 0.4) is 0 Å². The average molecular weight is 301 g/mol. The van der Waals surface area contributed by atoms with Gasteiger partial charge in [0, 0.05) is 13.1 Å². The summed E-state index contributed by atoms with van der Waals surface area (Å²) in [5.41, 5.74) is -0.695. The van der Waals surface area contributed by atoms with Crippen molar-refractivity contribution in [1.29, 1.82) is 0 Å². The first kappa shape index (κ1) is 14.7. The molecular weight excluding hydrogens is 283 g/mol.